The van der Waals surface area contributed by atoms with Crippen LogP contribution in [0.4, 0.5) is 0 Å². The summed E-state index contributed by atoms with van der Waals surface area (Å²) in [6.45, 7) is 0. The summed E-state index contributed by atoms with van der Waals surface area (Å²) in [5.74, 6) is -1.000. The summed E-state index contributed by atoms with van der Waals surface area (Å²) in [5, 5.41) is 9.70. The zero-order valence-corrected chi connectivity index (χ0v) is 9.42. The number of rotatable bonds is 4. The van der Waals surface area contributed by atoms with Gasteiger partial charge in [-0.3, -0.25) is 4.79 Å². The molecule has 15 heavy (non-hydrogen) atoms. The van der Waals surface area contributed by atoms with E-state index >= 15 is 0 Å². The molecule has 0 radical (unpaired) electrons. The number of hydrogen-bond donors (Lipinski definition) is 2. The van der Waals surface area contributed by atoms with Crippen LogP contribution >= 0.6 is 23.2 Å². The summed E-state index contributed by atoms with van der Waals surface area (Å²) in [6, 6.07) is 4.27. The van der Waals surface area contributed by atoms with Crippen LogP contribution in [-0.4, -0.2) is 17.1 Å². The molecule has 0 heterocycles. The highest BCUT2D eigenvalue weighted by atomic mass is 35.5. The molecule has 0 aliphatic rings. The second kappa shape index (κ2) is 5.35. The first kappa shape index (κ1) is 12.3. The van der Waals surface area contributed by atoms with Gasteiger partial charge in [0.25, 0.3) is 0 Å². The highest BCUT2D eigenvalue weighted by Crippen LogP contribution is 2.22. The van der Waals surface area contributed by atoms with Crippen molar-refractivity contribution >= 4 is 29.2 Å². The van der Waals surface area contributed by atoms with Crippen LogP contribution in [-0.2, 0) is 11.2 Å². The van der Waals surface area contributed by atoms with Crippen LogP contribution in [0.1, 0.15) is 12.0 Å². The number of carboxylic acid groups (broad SMARTS) is 1. The third kappa shape index (κ3) is 3.70. The fourth-order valence-electron chi connectivity index (χ4n) is 1.16. The maximum Gasteiger partial charge on any atom is 0.320 e. The first-order chi connectivity index (χ1) is 7.00. The van der Waals surface area contributed by atoms with Gasteiger partial charge in [-0.2, -0.15) is 0 Å². The van der Waals surface area contributed by atoms with Crippen LogP contribution in [0.25, 0.3) is 0 Å². The first-order valence-corrected chi connectivity index (χ1v) is 5.18. The third-order valence-electron chi connectivity index (χ3n) is 2.06. The molecule has 0 fully saturated rings. The molecule has 0 aromatic heterocycles. The topological polar surface area (TPSA) is 63.3 Å². The lowest BCUT2D eigenvalue weighted by atomic mass is 10.1. The highest BCUT2D eigenvalue weighted by molar-refractivity contribution is 6.35. The smallest absolute Gasteiger partial charge is 0.320 e. The Kier molecular flexibility index (Phi) is 4.39. The maximum atomic E-state index is 10.5. The van der Waals surface area contributed by atoms with Crippen LogP contribution in [0.15, 0.2) is 18.2 Å². The van der Waals surface area contributed by atoms with Gasteiger partial charge >= 0.3 is 5.97 Å². The molecule has 1 aromatic carbocycles. The molecule has 0 unspecified atom stereocenters. The van der Waals surface area contributed by atoms with E-state index in [0.717, 1.165) is 5.56 Å². The SMILES string of the molecule is N[C@@H](CCc1ccc(Cl)cc1Cl)C(=O)O. The minimum absolute atomic E-state index is 0.358. The summed E-state index contributed by atoms with van der Waals surface area (Å²) < 4.78 is 0. The van der Waals surface area contributed by atoms with Crippen molar-refractivity contribution in [2.24, 2.45) is 5.73 Å². The number of carbonyl (C=O) groups is 1. The van der Waals surface area contributed by atoms with E-state index in [0.29, 0.717) is 22.9 Å². The van der Waals surface area contributed by atoms with Crippen molar-refractivity contribution in [2.75, 3.05) is 0 Å². The van der Waals surface area contributed by atoms with Crippen LogP contribution in [0, 0.1) is 0 Å². The second-order valence-electron chi connectivity index (χ2n) is 3.22. The second-order valence-corrected chi connectivity index (χ2v) is 4.06. The monoisotopic (exact) mass is 247 g/mol. The van der Waals surface area contributed by atoms with E-state index in [2.05, 4.69) is 0 Å². The van der Waals surface area contributed by atoms with Gasteiger partial charge < -0.3 is 10.8 Å². The van der Waals surface area contributed by atoms with Gasteiger partial charge in [0.15, 0.2) is 0 Å². The molecular formula is C10H11Cl2NO2. The largest absolute Gasteiger partial charge is 0.480 e. The quantitative estimate of drug-likeness (QED) is 0.859. The molecule has 1 aromatic rings. The van der Waals surface area contributed by atoms with Gasteiger partial charge in [-0.1, -0.05) is 29.3 Å². The van der Waals surface area contributed by atoms with E-state index in [9.17, 15) is 4.79 Å². The summed E-state index contributed by atoms with van der Waals surface area (Å²) >= 11 is 11.6. The van der Waals surface area contributed by atoms with Gasteiger partial charge in [0, 0.05) is 10.0 Å². The molecule has 3 N–H and O–H groups in total. The molecule has 0 saturated heterocycles. The zero-order valence-electron chi connectivity index (χ0n) is 7.91. The Hall–Kier alpha value is -0.770. The summed E-state index contributed by atoms with van der Waals surface area (Å²) in [5.41, 5.74) is 6.23. The molecule has 0 bridgehead atoms. The molecule has 0 amide bonds. The van der Waals surface area contributed by atoms with Gasteiger partial charge in [-0.05, 0) is 30.5 Å². The number of hydrogen-bond acceptors (Lipinski definition) is 2. The number of benzene rings is 1. The lowest BCUT2D eigenvalue weighted by Gasteiger charge is -2.07. The number of aliphatic carboxylic acids is 1. The molecule has 5 heteroatoms. The molecule has 82 valence electrons. The van der Waals surface area contributed by atoms with E-state index in [1.807, 2.05) is 0 Å². The maximum absolute atomic E-state index is 10.5. The molecule has 1 rings (SSSR count). The fourth-order valence-corrected chi connectivity index (χ4v) is 1.66. The van der Waals surface area contributed by atoms with Crippen molar-refractivity contribution in [3.8, 4) is 0 Å². The minimum atomic E-state index is -1.000. The Morgan fingerprint density at radius 1 is 1.47 bits per heavy atom. The first-order valence-electron chi connectivity index (χ1n) is 4.43. The van der Waals surface area contributed by atoms with E-state index in [1.54, 1.807) is 18.2 Å². The van der Waals surface area contributed by atoms with Crippen molar-refractivity contribution in [1.82, 2.24) is 0 Å². The normalized spacial score (nSPS) is 12.5. The van der Waals surface area contributed by atoms with Gasteiger partial charge in [0.05, 0.1) is 0 Å². The number of halogens is 2. The molecule has 3 nitrogen and oxygen atoms in total. The predicted octanol–water partition coefficient (Wildman–Crippen LogP) is 2.34. The van der Waals surface area contributed by atoms with Gasteiger partial charge in [-0.25, -0.2) is 0 Å². The minimum Gasteiger partial charge on any atom is -0.480 e. The summed E-state index contributed by atoms with van der Waals surface area (Å²) in [6.07, 6.45) is 0.889. The number of nitrogens with two attached hydrogens (primary N) is 1. The van der Waals surface area contributed by atoms with Crippen molar-refractivity contribution < 1.29 is 9.90 Å². The molecule has 1 atom stereocenters. The van der Waals surface area contributed by atoms with E-state index in [1.165, 1.54) is 0 Å². The van der Waals surface area contributed by atoms with E-state index in [-0.39, 0.29) is 0 Å². The zero-order chi connectivity index (χ0) is 11.4. The Morgan fingerprint density at radius 2 is 2.13 bits per heavy atom. The Balaban J connectivity index is 2.62. The van der Waals surface area contributed by atoms with Crippen LogP contribution in [0.5, 0.6) is 0 Å². The third-order valence-corrected chi connectivity index (χ3v) is 2.64. The van der Waals surface area contributed by atoms with Gasteiger partial charge in [0.1, 0.15) is 6.04 Å². The number of carboxylic acids is 1. The van der Waals surface area contributed by atoms with Gasteiger partial charge in [0.2, 0.25) is 0 Å². The van der Waals surface area contributed by atoms with Crippen molar-refractivity contribution in [1.29, 1.82) is 0 Å². The van der Waals surface area contributed by atoms with Crippen molar-refractivity contribution in [2.45, 2.75) is 18.9 Å². The van der Waals surface area contributed by atoms with Crippen molar-refractivity contribution in [3.05, 3.63) is 33.8 Å². The van der Waals surface area contributed by atoms with Crippen molar-refractivity contribution in [3.63, 3.8) is 0 Å². The Morgan fingerprint density at radius 3 is 2.67 bits per heavy atom. The van der Waals surface area contributed by atoms with E-state index in [4.69, 9.17) is 34.0 Å². The van der Waals surface area contributed by atoms with Crippen LogP contribution in [0.2, 0.25) is 10.0 Å². The number of aryl methyl sites for hydroxylation is 1. The average Bonchev–Trinajstić information content (AvgIpc) is 2.15. The Labute approximate surface area is 97.8 Å². The average molecular weight is 248 g/mol. The lowest BCUT2D eigenvalue weighted by Crippen LogP contribution is -2.30. The molecule has 0 spiro atoms. The van der Waals surface area contributed by atoms with Gasteiger partial charge in [-0.15, -0.1) is 0 Å². The molecular weight excluding hydrogens is 237 g/mol. The molecule has 0 saturated carbocycles. The summed E-state index contributed by atoms with van der Waals surface area (Å²) in [7, 11) is 0. The predicted molar refractivity (Wildman–Crippen MR) is 60.4 cm³/mol. The summed E-state index contributed by atoms with van der Waals surface area (Å²) in [4.78, 5) is 10.5. The highest BCUT2D eigenvalue weighted by Gasteiger charge is 2.12. The van der Waals surface area contributed by atoms with E-state index < -0.39 is 12.0 Å². The fraction of sp³-hybridized carbons (Fsp3) is 0.300. The molecule has 0 aliphatic heterocycles. The molecule has 0 aliphatic carbocycles. The Bertz CT molecular complexity index is 368. The van der Waals surface area contributed by atoms with Crippen LogP contribution in [0.3, 0.4) is 0 Å². The standard InChI is InChI=1S/C10H11Cl2NO2/c11-7-3-1-6(8(12)5-7)2-4-9(13)10(14)15/h1,3,5,9H,2,4,13H2,(H,14,15)/t9-/m0/s1. The lowest BCUT2D eigenvalue weighted by molar-refractivity contribution is -0.138. The van der Waals surface area contributed by atoms with Crippen LogP contribution < -0.4 is 5.73 Å².